The van der Waals surface area contributed by atoms with Crippen molar-refractivity contribution in [3.05, 3.63) is 47.2 Å². The van der Waals surface area contributed by atoms with E-state index in [-0.39, 0.29) is 6.54 Å². The molecule has 0 aliphatic carbocycles. The first-order chi connectivity index (χ1) is 10.9. The molecule has 0 saturated carbocycles. The van der Waals surface area contributed by atoms with Gasteiger partial charge in [-0.05, 0) is 30.2 Å². The van der Waals surface area contributed by atoms with Gasteiger partial charge in [-0.25, -0.2) is 4.79 Å². The van der Waals surface area contributed by atoms with Crippen molar-refractivity contribution in [1.82, 2.24) is 15.1 Å². The molecule has 3 amide bonds. The molecule has 0 saturated heterocycles. The van der Waals surface area contributed by atoms with E-state index in [0.717, 1.165) is 5.56 Å². The average molecular weight is 336 g/mol. The number of nitrogens with one attached hydrogen (secondary N) is 2. The Labute approximate surface area is 138 Å². The molecule has 2 aromatic rings. The number of anilines is 1. The fourth-order valence-electron chi connectivity index (χ4n) is 2.09. The Bertz CT molecular complexity index is 701. The zero-order chi connectivity index (χ0) is 16.8. The SMILES string of the molecule is Cn1cc(C[C@@H](CNC(=O)Nc2cccc(Cl)c2)C(N)=O)cn1. The lowest BCUT2D eigenvalue weighted by atomic mass is 10.0. The standard InChI is InChI=1S/C15H18ClN5O2/c1-21-9-10(7-19-21)5-11(14(17)22)8-18-15(23)20-13-4-2-3-12(16)6-13/h2-4,6-7,9,11H,5,8H2,1H3,(H2,17,22)(H2,18,20,23)/t11-/m0/s1. The van der Waals surface area contributed by atoms with Gasteiger partial charge in [-0.15, -0.1) is 0 Å². The molecule has 8 heteroatoms. The zero-order valence-electron chi connectivity index (χ0n) is 12.6. The van der Waals surface area contributed by atoms with Gasteiger partial charge in [0.1, 0.15) is 0 Å². The van der Waals surface area contributed by atoms with E-state index in [2.05, 4.69) is 15.7 Å². The second kappa shape index (κ2) is 7.64. The van der Waals surface area contributed by atoms with Crippen molar-refractivity contribution in [2.45, 2.75) is 6.42 Å². The number of aryl methyl sites for hydroxylation is 1. The minimum atomic E-state index is -0.510. The van der Waals surface area contributed by atoms with Crippen molar-refractivity contribution in [2.75, 3.05) is 11.9 Å². The number of urea groups is 1. The monoisotopic (exact) mass is 335 g/mol. The molecule has 122 valence electrons. The van der Waals surface area contributed by atoms with Crippen LogP contribution in [0.1, 0.15) is 5.56 Å². The molecule has 23 heavy (non-hydrogen) atoms. The summed E-state index contributed by atoms with van der Waals surface area (Å²) in [5, 5.41) is 9.84. The van der Waals surface area contributed by atoms with E-state index in [9.17, 15) is 9.59 Å². The maximum Gasteiger partial charge on any atom is 0.319 e. The highest BCUT2D eigenvalue weighted by Crippen LogP contribution is 2.14. The van der Waals surface area contributed by atoms with Crippen molar-refractivity contribution in [3.63, 3.8) is 0 Å². The van der Waals surface area contributed by atoms with Gasteiger partial charge in [0.2, 0.25) is 5.91 Å². The van der Waals surface area contributed by atoms with Gasteiger partial charge < -0.3 is 16.4 Å². The van der Waals surface area contributed by atoms with Crippen LogP contribution in [0.2, 0.25) is 5.02 Å². The van der Waals surface area contributed by atoms with Crippen molar-refractivity contribution in [1.29, 1.82) is 0 Å². The fraction of sp³-hybridized carbons (Fsp3) is 0.267. The fourth-order valence-corrected chi connectivity index (χ4v) is 2.28. The highest BCUT2D eigenvalue weighted by atomic mass is 35.5. The Morgan fingerprint density at radius 2 is 2.22 bits per heavy atom. The summed E-state index contributed by atoms with van der Waals surface area (Å²) in [6.45, 7) is 0.136. The van der Waals surface area contributed by atoms with Gasteiger partial charge >= 0.3 is 6.03 Å². The summed E-state index contributed by atoms with van der Waals surface area (Å²) in [7, 11) is 1.79. The molecule has 7 nitrogen and oxygen atoms in total. The summed E-state index contributed by atoms with van der Waals surface area (Å²) in [4.78, 5) is 23.4. The number of rotatable bonds is 6. The van der Waals surface area contributed by atoms with Gasteiger partial charge in [0.25, 0.3) is 0 Å². The van der Waals surface area contributed by atoms with Crippen LogP contribution in [0.3, 0.4) is 0 Å². The van der Waals surface area contributed by atoms with Gasteiger partial charge in [-0.1, -0.05) is 17.7 Å². The van der Waals surface area contributed by atoms with Crippen molar-refractivity contribution < 1.29 is 9.59 Å². The van der Waals surface area contributed by atoms with E-state index in [1.807, 2.05) is 6.20 Å². The topological polar surface area (TPSA) is 102 Å². The van der Waals surface area contributed by atoms with Crippen LogP contribution in [0.4, 0.5) is 10.5 Å². The number of amides is 3. The molecule has 2 rings (SSSR count). The maximum absolute atomic E-state index is 11.9. The molecule has 0 spiro atoms. The first-order valence-electron chi connectivity index (χ1n) is 7.01. The molecule has 1 aromatic heterocycles. The van der Waals surface area contributed by atoms with Crippen molar-refractivity contribution in [3.8, 4) is 0 Å². The third kappa shape index (κ3) is 5.30. The number of primary amides is 1. The van der Waals surface area contributed by atoms with Crippen LogP contribution in [-0.4, -0.2) is 28.3 Å². The molecule has 0 fully saturated rings. The van der Waals surface area contributed by atoms with E-state index in [1.165, 1.54) is 0 Å². The summed E-state index contributed by atoms with van der Waals surface area (Å²) < 4.78 is 1.65. The van der Waals surface area contributed by atoms with Crippen LogP contribution < -0.4 is 16.4 Å². The lowest BCUT2D eigenvalue weighted by Crippen LogP contribution is -2.39. The van der Waals surface area contributed by atoms with Gasteiger partial charge in [0, 0.05) is 30.5 Å². The second-order valence-corrected chi connectivity index (χ2v) is 5.61. The van der Waals surface area contributed by atoms with Gasteiger partial charge in [-0.2, -0.15) is 5.10 Å². The number of benzene rings is 1. The quantitative estimate of drug-likeness (QED) is 0.746. The average Bonchev–Trinajstić information content (AvgIpc) is 2.88. The lowest BCUT2D eigenvalue weighted by molar-refractivity contribution is -0.121. The number of hydrogen-bond donors (Lipinski definition) is 3. The Balaban J connectivity index is 1.88. The van der Waals surface area contributed by atoms with Crippen LogP contribution >= 0.6 is 11.6 Å². The zero-order valence-corrected chi connectivity index (χ0v) is 13.4. The molecule has 1 atom stereocenters. The molecule has 0 unspecified atom stereocenters. The van der Waals surface area contributed by atoms with Crippen LogP contribution in [0.15, 0.2) is 36.7 Å². The highest BCUT2D eigenvalue weighted by Gasteiger charge is 2.18. The van der Waals surface area contributed by atoms with E-state index >= 15 is 0 Å². The Hall–Kier alpha value is -2.54. The number of hydrogen-bond acceptors (Lipinski definition) is 3. The number of carbonyl (C=O) groups excluding carboxylic acids is 2. The summed E-state index contributed by atoms with van der Waals surface area (Å²) in [5.74, 6) is -0.985. The van der Waals surface area contributed by atoms with Crippen LogP contribution in [0.25, 0.3) is 0 Å². The summed E-state index contributed by atoms with van der Waals surface area (Å²) in [5.41, 5.74) is 6.84. The molecule has 0 radical (unpaired) electrons. The number of nitrogens with zero attached hydrogens (tertiary/aromatic N) is 2. The van der Waals surface area contributed by atoms with Gasteiger partial charge in [0.05, 0.1) is 12.1 Å². The summed E-state index contributed by atoms with van der Waals surface area (Å²) in [6, 6.07) is 6.35. The first-order valence-corrected chi connectivity index (χ1v) is 7.39. The minimum absolute atomic E-state index is 0.136. The van der Waals surface area contributed by atoms with Crippen LogP contribution in [0.5, 0.6) is 0 Å². The molecule has 4 N–H and O–H groups in total. The lowest BCUT2D eigenvalue weighted by Gasteiger charge is -2.14. The molecule has 0 aliphatic heterocycles. The predicted molar refractivity (Wildman–Crippen MR) is 88.1 cm³/mol. The van der Waals surface area contributed by atoms with Crippen molar-refractivity contribution in [2.24, 2.45) is 18.7 Å². The van der Waals surface area contributed by atoms with Crippen LogP contribution in [-0.2, 0) is 18.3 Å². The van der Waals surface area contributed by atoms with Gasteiger partial charge in [0.15, 0.2) is 0 Å². The highest BCUT2D eigenvalue weighted by molar-refractivity contribution is 6.30. The summed E-state index contributed by atoms with van der Waals surface area (Å²) in [6.07, 6.45) is 3.89. The largest absolute Gasteiger partial charge is 0.369 e. The maximum atomic E-state index is 11.9. The Morgan fingerprint density at radius 3 is 2.83 bits per heavy atom. The van der Waals surface area contributed by atoms with Crippen molar-refractivity contribution >= 4 is 29.2 Å². The molecular weight excluding hydrogens is 318 g/mol. The normalized spacial score (nSPS) is 11.7. The second-order valence-electron chi connectivity index (χ2n) is 5.17. The number of halogens is 1. The van der Waals surface area contributed by atoms with E-state index in [1.54, 1.807) is 42.2 Å². The molecule has 1 heterocycles. The van der Waals surface area contributed by atoms with E-state index in [0.29, 0.717) is 17.1 Å². The third-order valence-corrected chi connectivity index (χ3v) is 3.47. The predicted octanol–water partition coefficient (Wildman–Crippen LogP) is 1.54. The Kier molecular flexibility index (Phi) is 5.59. The molecule has 1 aromatic carbocycles. The third-order valence-electron chi connectivity index (χ3n) is 3.23. The molecule has 0 aliphatic rings. The molecule has 0 bridgehead atoms. The first kappa shape index (κ1) is 16.8. The Morgan fingerprint density at radius 1 is 1.43 bits per heavy atom. The van der Waals surface area contributed by atoms with Gasteiger partial charge in [-0.3, -0.25) is 9.48 Å². The number of carbonyl (C=O) groups is 2. The van der Waals surface area contributed by atoms with Crippen LogP contribution in [0, 0.1) is 5.92 Å². The summed E-state index contributed by atoms with van der Waals surface area (Å²) >= 11 is 5.85. The number of nitrogens with two attached hydrogens (primary N) is 1. The van der Waals surface area contributed by atoms with E-state index < -0.39 is 17.9 Å². The number of aromatic nitrogens is 2. The minimum Gasteiger partial charge on any atom is -0.369 e. The van der Waals surface area contributed by atoms with E-state index in [4.69, 9.17) is 17.3 Å². The molecular formula is C15H18ClN5O2. The smallest absolute Gasteiger partial charge is 0.319 e.